The minimum Gasteiger partial charge on any atom is -0.356 e. The van der Waals surface area contributed by atoms with E-state index in [0.29, 0.717) is 5.92 Å². The van der Waals surface area contributed by atoms with E-state index in [1.54, 1.807) is 0 Å². The number of carbonyl (C=O) groups is 1. The van der Waals surface area contributed by atoms with Gasteiger partial charge in [0.2, 0.25) is 5.91 Å². The summed E-state index contributed by atoms with van der Waals surface area (Å²) in [6.45, 7) is 5.62. The Bertz CT molecular complexity index is 229. The molecule has 1 atom stereocenters. The zero-order valence-electron chi connectivity index (χ0n) is 9.96. The van der Waals surface area contributed by atoms with E-state index in [4.69, 9.17) is 0 Å². The number of hydrogen-bond acceptors (Lipinski definition) is 1. The first kappa shape index (κ1) is 11.0. The Morgan fingerprint density at radius 3 is 2.27 bits per heavy atom. The Labute approximate surface area is 92.8 Å². The predicted octanol–water partition coefficient (Wildman–Crippen LogP) is 2.58. The number of rotatable bonds is 2. The molecule has 1 aliphatic carbocycles. The number of amides is 1. The van der Waals surface area contributed by atoms with E-state index < -0.39 is 0 Å². The summed E-state index contributed by atoms with van der Waals surface area (Å²) in [6, 6.07) is 0. The van der Waals surface area contributed by atoms with Gasteiger partial charge in [0.25, 0.3) is 0 Å². The van der Waals surface area contributed by atoms with E-state index in [0.717, 1.165) is 30.7 Å². The molecule has 2 nitrogen and oxygen atoms in total. The molecule has 15 heavy (non-hydrogen) atoms. The SMILES string of the molecule is CC(C)C1CCC([C@H]2CNC(=O)C2)CC1. The summed E-state index contributed by atoms with van der Waals surface area (Å²) >= 11 is 0. The molecule has 1 aliphatic heterocycles. The Balaban J connectivity index is 1.80. The Kier molecular flexibility index (Phi) is 3.32. The largest absolute Gasteiger partial charge is 0.356 e. The molecule has 1 amide bonds. The van der Waals surface area contributed by atoms with Crippen LogP contribution in [0.1, 0.15) is 46.0 Å². The van der Waals surface area contributed by atoms with Crippen molar-refractivity contribution >= 4 is 5.91 Å². The molecule has 0 aromatic heterocycles. The van der Waals surface area contributed by atoms with Gasteiger partial charge in [-0.1, -0.05) is 13.8 Å². The van der Waals surface area contributed by atoms with E-state index in [1.807, 2.05) is 0 Å². The van der Waals surface area contributed by atoms with Crippen LogP contribution in [0.2, 0.25) is 0 Å². The van der Waals surface area contributed by atoms with Crippen molar-refractivity contribution in [1.82, 2.24) is 5.32 Å². The highest BCUT2D eigenvalue weighted by atomic mass is 16.1. The zero-order valence-corrected chi connectivity index (χ0v) is 9.96. The minimum atomic E-state index is 0.269. The van der Waals surface area contributed by atoms with Crippen molar-refractivity contribution in [3.05, 3.63) is 0 Å². The highest BCUT2D eigenvalue weighted by Gasteiger charge is 2.32. The molecule has 2 heteroatoms. The average Bonchev–Trinajstić information content (AvgIpc) is 2.65. The molecule has 0 aromatic rings. The standard InChI is InChI=1S/C13H23NO/c1-9(2)10-3-5-11(6-4-10)12-7-13(15)14-8-12/h9-12H,3-8H2,1-2H3,(H,14,15)/t10?,11?,12-/m1/s1. The fourth-order valence-corrected chi connectivity index (χ4v) is 3.24. The van der Waals surface area contributed by atoms with Crippen LogP contribution in [0.25, 0.3) is 0 Å². The van der Waals surface area contributed by atoms with Crippen molar-refractivity contribution in [2.45, 2.75) is 46.0 Å². The molecule has 0 bridgehead atoms. The third kappa shape index (κ3) is 2.53. The van der Waals surface area contributed by atoms with E-state index in [9.17, 15) is 4.79 Å². The molecule has 2 rings (SSSR count). The first-order valence-electron chi connectivity index (χ1n) is 6.43. The maximum Gasteiger partial charge on any atom is 0.220 e. The van der Waals surface area contributed by atoms with Crippen LogP contribution in [0.4, 0.5) is 0 Å². The number of carbonyl (C=O) groups excluding carboxylic acids is 1. The van der Waals surface area contributed by atoms with Gasteiger partial charge in [0, 0.05) is 13.0 Å². The Hall–Kier alpha value is -0.530. The Morgan fingerprint density at radius 2 is 1.80 bits per heavy atom. The molecular formula is C13H23NO. The third-order valence-electron chi connectivity index (χ3n) is 4.43. The van der Waals surface area contributed by atoms with Crippen LogP contribution in [0, 0.1) is 23.7 Å². The summed E-state index contributed by atoms with van der Waals surface area (Å²) in [5.41, 5.74) is 0. The average molecular weight is 209 g/mol. The summed E-state index contributed by atoms with van der Waals surface area (Å²) in [5.74, 6) is 3.51. The minimum absolute atomic E-state index is 0.269. The van der Waals surface area contributed by atoms with Crippen LogP contribution in [-0.4, -0.2) is 12.5 Å². The summed E-state index contributed by atoms with van der Waals surface area (Å²) in [6.07, 6.45) is 6.25. The number of hydrogen-bond donors (Lipinski definition) is 1. The molecule has 86 valence electrons. The van der Waals surface area contributed by atoms with Crippen LogP contribution in [0.5, 0.6) is 0 Å². The smallest absolute Gasteiger partial charge is 0.220 e. The third-order valence-corrected chi connectivity index (χ3v) is 4.43. The van der Waals surface area contributed by atoms with Crippen molar-refractivity contribution in [2.75, 3.05) is 6.54 Å². The van der Waals surface area contributed by atoms with Crippen LogP contribution in [-0.2, 0) is 4.79 Å². The van der Waals surface area contributed by atoms with E-state index in [-0.39, 0.29) is 5.91 Å². The lowest BCUT2D eigenvalue weighted by molar-refractivity contribution is -0.119. The van der Waals surface area contributed by atoms with Gasteiger partial charge in [-0.15, -0.1) is 0 Å². The summed E-state index contributed by atoms with van der Waals surface area (Å²) in [4.78, 5) is 11.2. The van der Waals surface area contributed by atoms with E-state index >= 15 is 0 Å². The normalized spacial score (nSPS) is 37.0. The second kappa shape index (κ2) is 4.54. The lowest BCUT2D eigenvalue weighted by Crippen LogP contribution is -2.25. The van der Waals surface area contributed by atoms with Gasteiger partial charge in [-0.3, -0.25) is 4.79 Å². The van der Waals surface area contributed by atoms with Crippen molar-refractivity contribution in [3.63, 3.8) is 0 Å². The first-order valence-corrected chi connectivity index (χ1v) is 6.43. The molecule has 1 N–H and O–H groups in total. The van der Waals surface area contributed by atoms with Crippen molar-refractivity contribution < 1.29 is 4.79 Å². The lowest BCUT2D eigenvalue weighted by atomic mass is 9.72. The molecule has 1 saturated heterocycles. The summed E-state index contributed by atoms with van der Waals surface area (Å²) < 4.78 is 0. The van der Waals surface area contributed by atoms with Crippen molar-refractivity contribution in [3.8, 4) is 0 Å². The fraction of sp³-hybridized carbons (Fsp3) is 0.923. The first-order chi connectivity index (χ1) is 7.16. The van der Waals surface area contributed by atoms with Gasteiger partial charge in [0.05, 0.1) is 0 Å². The van der Waals surface area contributed by atoms with E-state index in [2.05, 4.69) is 19.2 Å². The van der Waals surface area contributed by atoms with Crippen LogP contribution in [0.15, 0.2) is 0 Å². The monoisotopic (exact) mass is 209 g/mol. The highest BCUT2D eigenvalue weighted by molar-refractivity contribution is 5.78. The predicted molar refractivity (Wildman–Crippen MR) is 61.4 cm³/mol. The maximum absolute atomic E-state index is 11.2. The van der Waals surface area contributed by atoms with Crippen molar-refractivity contribution in [1.29, 1.82) is 0 Å². The van der Waals surface area contributed by atoms with Gasteiger partial charge < -0.3 is 5.32 Å². The molecule has 0 spiro atoms. The molecule has 0 radical (unpaired) electrons. The molecule has 0 aromatic carbocycles. The van der Waals surface area contributed by atoms with Crippen LogP contribution >= 0.6 is 0 Å². The molecular weight excluding hydrogens is 186 g/mol. The second-order valence-corrected chi connectivity index (χ2v) is 5.69. The zero-order chi connectivity index (χ0) is 10.8. The van der Waals surface area contributed by atoms with Gasteiger partial charge >= 0.3 is 0 Å². The van der Waals surface area contributed by atoms with Crippen LogP contribution in [0.3, 0.4) is 0 Å². The van der Waals surface area contributed by atoms with Gasteiger partial charge in [0.15, 0.2) is 0 Å². The number of nitrogens with one attached hydrogen (secondary N) is 1. The van der Waals surface area contributed by atoms with Gasteiger partial charge in [-0.2, -0.15) is 0 Å². The molecule has 2 aliphatic rings. The molecule has 0 unspecified atom stereocenters. The lowest BCUT2D eigenvalue weighted by Gasteiger charge is -2.33. The summed E-state index contributed by atoms with van der Waals surface area (Å²) in [5, 5.41) is 2.96. The van der Waals surface area contributed by atoms with Crippen LogP contribution < -0.4 is 5.32 Å². The topological polar surface area (TPSA) is 29.1 Å². The molecule has 1 heterocycles. The van der Waals surface area contributed by atoms with Gasteiger partial charge in [-0.05, 0) is 49.4 Å². The second-order valence-electron chi connectivity index (χ2n) is 5.69. The van der Waals surface area contributed by atoms with Gasteiger partial charge in [0.1, 0.15) is 0 Å². The quantitative estimate of drug-likeness (QED) is 0.744. The molecule has 1 saturated carbocycles. The maximum atomic E-state index is 11.2. The molecule has 2 fully saturated rings. The van der Waals surface area contributed by atoms with E-state index in [1.165, 1.54) is 25.7 Å². The van der Waals surface area contributed by atoms with Crippen molar-refractivity contribution in [2.24, 2.45) is 23.7 Å². The Morgan fingerprint density at radius 1 is 1.13 bits per heavy atom. The fourth-order valence-electron chi connectivity index (χ4n) is 3.24. The highest BCUT2D eigenvalue weighted by Crippen LogP contribution is 2.38. The summed E-state index contributed by atoms with van der Waals surface area (Å²) in [7, 11) is 0. The van der Waals surface area contributed by atoms with Gasteiger partial charge in [-0.25, -0.2) is 0 Å².